The molecule has 2 unspecified atom stereocenters. The summed E-state index contributed by atoms with van der Waals surface area (Å²) in [6.45, 7) is 2.09. The first-order valence-electron chi connectivity index (χ1n) is 7.00. The smallest absolute Gasteiger partial charge is 0.244 e. The minimum absolute atomic E-state index is 0. The van der Waals surface area contributed by atoms with Crippen LogP contribution in [0.3, 0.4) is 0 Å². The molecule has 4 nitrogen and oxygen atoms in total. The lowest BCUT2D eigenvalue weighted by molar-refractivity contribution is 0.191. The van der Waals surface area contributed by atoms with Gasteiger partial charge in [-0.1, -0.05) is 19.8 Å². The number of benzene rings is 1. The summed E-state index contributed by atoms with van der Waals surface area (Å²) in [6, 6.07) is 2.43. The summed E-state index contributed by atoms with van der Waals surface area (Å²) < 4.78 is 54.1. The van der Waals surface area contributed by atoms with Gasteiger partial charge in [0, 0.05) is 18.2 Å². The lowest BCUT2D eigenvalue weighted by Gasteiger charge is -2.42. The molecule has 1 aromatic rings. The molecule has 0 radical (unpaired) electrons. The Bertz CT molecular complexity index is 627. The zero-order valence-corrected chi connectivity index (χ0v) is 13.9. The highest BCUT2D eigenvalue weighted by Gasteiger charge is 2.41. The Morgan fingerprint density at radius 2 is 2.05 bits per heavy atom. The molecule has 0 saturated heterocycles. The first kappa shape index (κ1) is 19.3. The Morgan fingerprint density at radius 3 is 2.59 bits per heavy atom. The van der Waals surface area contributed by atoms with Crippen LogP contribution in [0.2, 0.25) is 0 Å². The van der Waals surface area contributed by atoms with Crippen LogP contribution in [0, 0.1) is 17.6 Å². The van der Waals surface area contributed by atoms with Gasteiger partial charge in [-0.2, -0.15) is 0 Å². The molecule has 3 N–H and O–H groups in total. The predicted octanol–water partition coefficient (Wildman–Crippen LogP) is 2.57. The van der Waals surface area contributed by atoms with Crippen LogP contribution in [0.4, 0.5) is 8.78 Å². The highest BCUT2D eigenvalue weighted by Crippen LogP contribution is 2.34. The number of nitrogens with two attached hydrogens (primary N) is 1. The first-order chi connectivity index (χ1) is 9.81. The summed E-state index contributed by atoms with van der Waals surface area (Å²) in [5, 5.41) is 0. The maximum atomic E-state index is 13.7. The van der Waals surface area contributed by atoms with E-state index < -0.39 is 32.1 Å². The van der Waals surface area contributed by atoms with Crippen molar-refractivity contribution in [1.29, 1.82) is 0 Å². The van der Waals surface area contributed by atoms with Crippen LogP contribution >= 0.6 is 12.4 Å². The lowest BCUT2D eigenvalue weighted by atomic mass is 9.74. The molecule has 0 aromatic heterocycles. The topological polar surface area (TPSA) is 72.2 Å². The van der Waals surface area contributed by atoms with E-state index in [0.717, 1.165) is 31.4 Å². The van der Waals surface area contributed by atoms with Gasteiger partial charge >= 0.3 is 0 Å². The van der Waals surface area contributed by atoms with Gasteiger partial charge in [0.25, 0.3) is 0 Å². The van der Waals surface area contributed by atoms with Gasteiger partial charge in [-0.3, -0.25) is 0 Å². The molecule has 0 amide bonds. The maximum absolute atomic E-state index is 13.7. The van der Waals surface area contributed by atoms with Gasteiger partial charge in [-0.15, -0.1) is 12.4 Å². The summed E-state index contributed by atoms with van der Waals surface area (Å²) >= 11 is 0. The van der Waals surface area contributed by atoms with Crippen LogP contribution in [0.5, 0.6) is 0 Å². The molecule has 2 rings (SSSR count). The van der Waals surface area contributed by atoms with Crippen molar-refractivity contribution in [2.45, 2.75) is 43.0 Å². The quantitative estimate of drug-likeness (QED) is 0.872. The van der Waals surface area contributed by atoms with E-state index in [2.05, 4.69) is 4.72 Å². The molecule has 0 spiro atoms. The van der Waals surface area contributed by atoms with Gasteiger partial charge in [-0.25, -0.2) is 21.9 Å². The molecule has 1 aromatic carbocycles. The number of hydrogen-bond donors (Lipinski definition) is 2. The second-order valence-electron chi connectivity index (χ2n) is 5.69. The SMILES string of the molecule is CC1CCCCC1(CN)NS(=O)(=O)c1ccc(F)cc1F.Cl. The van der Waals surface area contributed by atoms with E-state index >= 15 is 0 Å². The molecule has 2 atom stereocenters. The third-order valence-corrected chi connectivity index (χ3v) is 5.92. The van der Waals surface area contributed by atoms with Crippen molar-refractivity contribution in [3.05, 3.63) is 29.8 Å². The molecule has 1 saturated carbocycles. The van der Waals surface area contributed by atoms with Crippen molar-refractivity contribution in [2.24, 2.45) is 11.7 Å². The molecular formula is C14H21ClF2N2O2S. The van der Waals surface area contributed by atoms with Gasteiger partial charge in [-0.05, 0) is 30.9 Å². The predicted molar refractivity (Wildman–Crippen MR) is 83.3 cm³/mol. The third kappa shape index (κ3) is 3.76. The summed E-state index contributed by atoms with van der Waals surface area (Å²) in [5.41, 5.74) is 5.03. The second kappa shape index (κ2) is 7.21. The number of hydrogen-bond acceptors (Lipinski definition) is 3. The zero-order valence-electron chi connectivity index (χ0n) is 12.3. The van der Waals surface area contributed by atoms with Crippen molar-refractivity contribution < 1.29 is 17.2 Å². The van der Waals surface area contributed by atoms with Gasteiger partial charge in [0.15, 0.2) is 0 Å². The summed E-state index contributed by atoms with van der Waals surface area (Å²) in [6.07, 6.45) is 3.38. The van der Waals surface area contributed by atoms with Gasteiger partial charge in [0.2, 0.25) is 10.0 Å². The monoisotopic (exact) mass is 354 g/mol. The Kier molecular flexibility index (Phi) is 6.32. The van der Waals surface area contributed by atoms with E-state index in [1.807, 2.05) is 6.92 Å². The van der Waals surface area contributed by atoms with Crippen molar-refractivity contribution in [2.75, 3.05) is 6.54 Å². The fraction of sp³-hybridized carbons (Fsp3) is 0.571. The number of rotatable bonds is 4. The van der Waals surface area contributed by atoms with Crippen LogP contribution < -0.4 is 10.5 Å². The van der Waals surface area contributed by atoms with E-state index in [1.54, 1.807) is 0 Å². The molecule has 1 aliphatic rings. The maximum Gasteiger partial charge on any atom is 0.244 e. The Morgan fingerprint density at radius 1 is 1.36 bits per heavy atom. The van der Waals surface area contributed by atoms with E-state index in [9.17, 15) is 17.2 Å². The van der Waals surface area contributed by atoms with E-state index in [1.165, 1.54) is 0 Å². The third-order valence-electron chi connectivity index (χ3n) is 4.34. The molecule has 0 bridgehead atoms. The molecule has 0 heterocycles. The Hall–Kier alpha value is -0.760. The molecule has 22 heavy (non-hydrogen) atoms. The van der Waals surface area contributed by atoms with Crippen molar-refractivity contribution in [3.63, 3.8) is 0 Å². The molecule has 1 aliphatic carbocycles. The number of sulfonamides is 1. The highest BCUT2D eigenvalue weighted by molar-refractivity contribution is 7.89. The van der Waals surface area contributed by atoms with Gasteiger partial charge < -0.3 is 5.73 Å². The average Bonchev–Trinajstić information content (AvgIpc) is 2.40. The molecule has 126 valence electrons. The fourth-order valence-electron chi connectivity index (χ4n) is 2.93. The van der Waals surface area contributed by atoms with Crippen molar-refractivity contribution >= 4 is 22.4 Å². The zero-order chi connectivity index (χ0) is 15.7. The fourth-order valence-corrected chi connectivity index (χ4v) is 4.52. The minimum atomic E-state index is -4.08. The summed E-state index contributed by atoms with van der Waals surface area (Å²) in [4.78, 5) is -0.547. The van der Waals surface area contributed by atoms with E-state index in [0.29, 0.717) is 12.5 Å². The van der Waals surface area contributed by atoms with E-state index in [-0.39, 0.29) is 24.9 Å². The summed E-state index contributed by atoms with van der Waals surface area (Å²) in [7, 11) is -4.08. The number of nitrogens with one attached hydrogen (secondary N) is 1. The standard InChI is InChI=1S/C14H20F2N2O2S.ClH/c1-10-4-2-3-7-14(10,9-17)18-21(19,20)13-6-5-11(15)8-12(13)16;/h5-6,8,10,18H,2-4,7,9,17H2,1H3;1H. The molecule has 1 fully saturated rings. The van der Waals surface area contributed by atoms with Crippen LogP contribution in [0.1, 0.15) is 32.6 Å². The first-order valence-corrected chi connectivity index (χ1v) is 8.48. The van der Waals surface area contributed by atoms with Crippen LogP contribution in [-0.2, 0) is 10.0 Å². The lowest BCUT2D eigenvalue weighted by Crippen LogP contribution is -2.59. The van der Waals surface area contributed by atoms with E-state index in [4.69, 9.17) is 5.73 Å². The van der Waals surface area contributed by atoms with Crippen molar-refractivity contribution in [1.82, 2.24) is 4.72 Å². The highest BCUT2D eigenvalue weighted by atomic mass is 35.5. The normalized spacial score (nSPS) is 25.5. The molecule has 8 heteroatoms. The minimum Gasteiger partial charge on any atom is -0.329 e. The Labute approximate surface area is 135 Å². The Balaban J connectivity index is 0.00000242. The summed E-state index contributed by atoms with van der Waals surface area (Å²) in [5.74, 6) is -1.85. The average molecular weight is 355 g/mol. The van der Waals surface area contributed by atoms with Gasteiger partial charge in [0.1, 0.15) is 16.5 Å². The molecular weight excluding hydrogens is 334 g/mol. The number of halogens is 3. The van der Waals surface area contributed by atoms with Crippen molar-refractivity contribution in [3.8, 4) is 0 Å². The van der Waals surface area contributed by atoms with Crippen LogP contribution in [0.25, 0.3) is 0 Å². The van der Waals surface area contributed by atoms with Crippen LogP contribution in [0.15, 0.2) is 23.1 Å². The molecule has 0 aliphatic heterocycles. The van der Waals surface area contributed by atoms with Gasteiger partial charge in [0.05, 0.1) is 0 Å². The second-order valence-corrected chi connectivity index (χ2v) is 7.34. The largest absolute Gasteiger partial charge is 0.329 e. The van der Waals surface area contributed by atoms with Crippen LogP contribution in [-0.4, -0.2) is 20.5 Å².